The van der Waals surface area contributed by atoms with Gasteiger partial charge in [0.2, 0.25) is 5.60 Å². The summed E-state index contributed by atoms with van der Waals surface area (Å²) in [7, 11) is 0. The Labute approximate surface area is 461 Å². The van der Waals surface area contributed by atoms with Crippen LogP contribution in [0.5, 0.6) is 0 Å². The number of carbonyl (C=O) groups excluding carboxylic acids is 3. The Morgan fingerprint density at radius 1 is 0.623 bits per heavy atom. The Morgan fingerprint density at radius 3 is 1.45 bits per heavy atom. The van der Waals surface area contributed by atoms with Crippen molar-refractivity contribution in [1.29, 1.82) is 0 Å². The fraction of sp³-hybridized carbons (Fsp3) is 0.109. The van der Waals surface area contributed by atoms with Gasteiger partial charge in [0.05, 0.1) is 6.04 Å². The summed E-state index contributed by atoms with van der Waals surface area (Å²) in [5, 5.41) is 12.0. The lowest BCUT2D eigenvalue weighted by molar-refractivity contribution is -0.158. The van der Waals surface area contributed by atoms with E-state index in [-0.39, 0.29) is 21.4 Å². The van der Waals surface area contributed by atoms with E-state index < -0.39 is 47.1 Å². The van der Waals surface area contributed by atoms with Crippen LogP contribution in [-0.4, -0.2) is 45.5 Å². The van der Waals surface area contributed by atoms with Crippen molar-refractivity contribution < 1.29 is 24.0 Å². The molecule has 0 saturated carbocycles. The topological polar surface area (TPSA) is 122 Å². The van der Waals surface area contributed by atoms with Crippen LogP contribution in [0, 0.1) is 0 Å². The normalized spacial score (nSPS) is 15.5. The van der Waals surface area contributed by atoms with Gasteiger partial charge in [-0.05, 0) is 40.7 Å². The molecule has 2 aliphatic heterocycles. The van der Waals surface area contributed by atoms with Crippen LogP contribution in [0.15, 0.2) is 258 Å². The lowest BCUT2D eigenvalue weighted by atomic mass is 9.77. The van der Waals surface area contributed by atoms with E-state index in [0.29, 0.717) is 22.9 Å². The number of halogens is 1. The molecule has 13 heteroatoms. The Balaban J connectivity index is 0.988. The van der Waals surface area contributed by atoms with Crippen molar-refractivity contribution in [3.8, 4) is 0 Å². The summed E-state index contributed by atoms with van der Waals surface area (Å²) in [4.78, 5) is 58.3. The summed E-state index contributed by atoms with van der Waals surface area (Å²) in [6.07, 6.45) is -0.00641. The first-order valence-corrected chi connectivity index (χ1v) is 26.8. The summed E-state index contributed by atoms with van der Waals surface area (Å²) in [5.41, 5.74) is 3.86. The number of nitrogens with zero attached hydrogens (tertiary/aromatic N) is 3. The third kappa shape index (κ3) is 9.83. The highest BCUT2D eigenvalue weighted by molar-refractivity contribution is 7.84. The number of ether oxygens (including phenoxy) is 1. The second kappa shape index (κ2) is 22.3. The van der Waals surface area contributed by atoms with Gasteiger partial charge in [0, 0.05) is 21.6 Å². The molecule has 380 valence electrons. The highest BCUT2D eigenvalue weighted by atomic mass is 35.5. The first-order valence-electron chi connectivity index (χ1n) is 25.2. The van der Waals surface area contributed by atoms with Crippen LogP contribution in [0.4, 0.5) is 5.13 Å². The molecule has 1 saturated heterocycles. The highest BCUT2D eigenvalue weighted by Gasteiger charge is 2.54. The first kappa shape index (κ1) is 50.6. The molecule has 0 radical (unpaired) electrons. The van der Waals surface area contributed by atoms with Gasteiger partial charge < -0.3 is 20.2 Å². The molecule has 77 heavy (non-hydrogen) atoms. The zero-order valence-corrected chi connectivity index (χ0v) is 43.8. The molecule has 1 aromatic heterocycles. The number of anilines is 1. The number of hydrogen-bond donors (Lipinski definition) is 3. The maximum atomic E-state index is 15.4. The van der Waals surface area contributed by atoms with Gasteiger partial charge in [-0.25, -0.2) is 9.78 Å². The van der Waals surface area contributed by atoms with Gasteiger partial charge in [-0.15, -0.1) is 12.6 Å². The molecular weight excluding hydrogens is 1020 g/mol. The zero-order chi connectivity index (χ0) is 52.8. The average Bonchev–Trinajstić information content (AvgIpc) is 3.88. The molecule has 2 aliphatic rings. The molecule has 1 fully saturated rings. The van der Waals surface area contributed by atoms with Crippen LogP contribution >= 0.6 is 35.6 Å². The molecule has 10 nitrogen and oxygen atoms in total. The third-order valence-corrected chi connectivity index (χ3v) is 15.7. The van der Waals surface area contributed by atoms with Gasteiger partial charge in [-0.2, -0.15) is 0 Å². The number of allylic oxidation sites excluding steroid dienone is 1. The number of aromatic nitrogens is 1. The van der Waals surface area contributed by atoms with Gasteiger partial charge in [0.25, 0.3) is 11.8 Å². The van der Waals surface area contributed by atoms with Crippen molar-refractivity contribution in [1.82, 2.24) is 15.2 Å². The number of carbonyl (C=O) groups is 3. The quantitative estimate of drug-likeness (QED) is 0.0207. The fourth-order valence-electron chi connectivity index (χ4n) is 10.4. The summed E-state index contributed by atoms with van der Waals surface area (Å²) >= 11 is 13.2. The van der Waals surface area contributed by atoms with Crippen LogP contribution < -0.4 is 10.6 Å². The van der Waals surface area contributed by atoms with Crippen molar-refractivity contribution in [3.05, 3.63) is 308 Å². The highest BCUT2D eigenvalue weighted by Crippen LogP contribution is 2.45. The predicted molar refractivity (Wildman–Crippen MR) is 305 cm³/mol. The Morgan fingerprint density at radius 2 is 1.03 bits per heavy atom. The van der Waals surface area contributed by atoms with Crippen molar-refractivity contribution in [2.75, 3.05) is 5.32 Å². The number of fused-ring (bicyclic) bond motifs is 1. The second-order valence-corrected chi connectivity index (χ2v) is 20.7. The van der Waals surface area contributed by atoms with Crippen molar-refractivity contribution in [2.45, 2.75) is 42.2 Å². The number of rotatable bonds is 17. The molecular formula is C64H50ClN5O5S2. The number of β-lactam (4-membered cyclic amide) rings is 1. The van der Waals surface area contributed by atoms with Crippen LogP contribution in [0.1, 0.15) is 69.1 Å². The molecule has 2 N–H and O–H groups in total. The Kier molecular flexibility index (Phi) is 14.7. The van der Waals surface area contributed by atoms with Crippen molar-refractivity contribution in [2.24, 2.45) is 5.16 Å². The van der Waals surface area contributed by atoms with Crippen LogP contribution in [0.25, 0.3) is 0 Å². The number of thiol groups is 1. The number of benzene rings is 8. The number of oxime groups is 1. The number of esters is 1. The summed E-state index contributed by atoms with van der Waals surface area (Å²) in [6.45, 7) is 0. The zero-order valence-electron chi connectivity index (χ0n) is 41.4. The monoisotopic (exact) mass is 1070 g/mol. The molecule has 2 amide bonds. The largest absolute Gasteiger partial charge is 0.448 e. The molecule has 0 aliphatic carbocycles. The average molecular weight is 1070 g/mol. The van der Waals surface area contributed by atoms with Crippen LogP contribution in [-0.2, 0) is 35.1 Å². The van der Waals surface area contributed by atoms with E-state index in [1.165, 1.54) is 4.90 Å². The molecule has 0 spiro atoms. The lowest BCUT2D eigenvalue weighted by Crippen LogP contribution is -2.72. The third-order valence-electron chi connectivity index (χ3n) is 14.1. The van der Waals surface area contributed by atoms with Gasteiger partial charge in [-0.1, -0.05) is 271 Å². The summed E-state index contributed by atoms with van der Waals surface area (Å²) in [5.74, 6) is -2.00. The second-order valence-electron chi connectivity index (χ2n) is 18.6. The lowest BCUT2D eigenvalue weighted by Gasteiger charge is -2.50. The van der Waals surface area contributed by atoms with Crippen LogP contribution in [0.2, 0.25) is 4.34 Å². The fourth-order valence-corrected chi connectivity index (χ4v) is 11.8. The Bertz CT molecular complexity index is 3340. The van der Waals surface area contributed by atoms with E-state index in [0.717, 1.165) is 55.8 Å². The number of nitrogens with one attached hydrogen (secondary N) is 2. The van der Waals surface area contributed by atoms with Gasteiger partial charge >= 0.3 is 5.97 Å². The van der Waals surface area contributed by atoms with E-state index in [2.05, 4.69) is 47.0 Å². The van der Waals surface area contributed by atoms with E-state index in [1.54, 1.807) is 0 Å². The van der Waals surface area contributed by atoms with E-state index in [4.69, 9.17) is 43.9 Å². The minimum absolute atomic E-state index is 0.0183. The molecule has 2 atom stereocenters. The summed E-state index contributed by atoms with van der Waals surface area (Å²) in [6, 6.07) is 76.3. The maximum absolute atomic E-state index is 15.4. The van der Waals surface area contributed by atoms with Crippen LogP contribution in [0.3, 0.4) is 0 Å². The minimum atomic E-state index is -1.41. The van der Waals surface area contributed by atoms with Gasteiger partial charge in [0.15, 0.2) is 16.9 Å². The molecule has 0 unspecified atom stereocenters. The SMILES string of the molecule is O=C(OC(c1ccccc1)c1ccccc1)C1=C(S)CC[C@@H]2[C@H](NC(=O)/C(=N\OC(c3ccccc3)(c3ccccc3)c3ccccc3)c3nc(NC(c4ccccc4)(c4ccccc4)c4ccccc4)sc3Cl)C(=O)N12. The van der Waals surface area contributed by atoms with Gasteiger partial charge in [-0.3, -0.25) is 14.5 Å². The number of hydrogen-bond acceptors (Lipinski definition) is 10. The van der Waals surface area contributed by atoms with E-state index in [9.17, 15) is 9.59 Å². The molecule has 11 rings (SSSR count). The molecule has 3 heterocycles. The molecule has 9 aromatic rings. The minimum Gasteiger partial charge on any atom is -0.448 e. The van der Waals surface area contributed by atoms with E-state index in [1.807, 2.05) is 206 Å². The standard InChI is InChI=1S/C64H50ClN5O5S2/c65-58-54(67-62(77-58)68-63(45-29-13-3-14-30-45,46-31-15-4-16-32-46)47-33-17-5-18-34-47)55(69-75-64(48-35-19-6-20-36-48,49-37-21-7-22-38-49)50-39-23-8-24-40-50)59(71)66-53-51-41-42-52(76)56(70(51)60(53)72)61(73)74-57(43-25-9-1-10-26-43)44-27-11-2-12-28-44/h1-40,51,53,57,76H,41-42H2,(H,66,71)(H,67,68)/b69-55-/t51-,53+/m1/s1. The number of thiazole rings is 1. The van der Waals surface area contributed by atoms with Crippen molar-refractivity contribution >= 4 is 64.2 Å². The smallest absolute Gasteiger partial charge is 0.356 e. The van der Waals surface area contributed by atoms with Gasteiger partial charge in [0.1, 0.15) is 27.3 Å². The molecule has 8 aromatic carbocycles. The van der Waals surface area contributed by atoms with E-state index >= 15 is 4.79 Å². The number of amides is 2. The first-order chi connectivity index (χ1) is 37.8. The predicted octanol–water partition coefficient (Wildman–Crippen LogP) is 12.9. The summed E-state index contributed by atoms with van der Waals surface area (Å²) < 4.78 is 6.40. The molecule has 0 bridgehead atoms. The van der Waals surface area contributed by atoms with Crippen molar-refractivity contribution in [3.63, 3.8) is 0 Å². The maximum Gasteiger partial charge on any atom is 0.356 e. The Hall–Kier alpha value is -8.55.